The molecule has 0 aromatic heterocycles. The minimum atomic E-state index is -1.18. The third-order valence-electron chi connectivity index (χ3n) is 2.62. The van der Waals surface area contributed by atoms with E-state index < -0.39 is 5.97 Å². The van der Waals surface area contributed by atoms with Crippen LogP contribution in [0.2, 0.25) is 0 Å². The quantitative estimate of drug-likeness (QED) is 0.274. The van der Waals surface area contributed by atoms with Gasteiger partial charge in [0.05, 0.1) is 12.3 Å². The van der Waals surface area contributed by atoms with E-state index in [0.29, 0.717) is 17.0 Å². The summed E-state index contributed by atoms with van der Waals surface area (Å²) in [4.78, 5) is 11.1. The highest BCUT2D eigenvalue weighted by atomic mass is 16.5. The second kappa shape index (κ2) is 7.30. The largest absolute Gasteiger partial charge is 0.475 e. The Balaban J connectivity index is 3.09. The zero-order valence-electron chi connectivity index (χ0n) is 11.6. The van der Waals surface area contributed by atoms with Crippen LogP contribution in [0.5, 0.6) is 5.75 Å². The lowest BCUT2D eigenvalue weighted by molar-refractivity contribution is -0.135. The van der Waals surface area contributed by atoms with Gasteiger partial charge in [0.25, 0.3) is 0 Å². The highest BCUT2D eigenvalue weighted by Gasteiger charge is 2.12. The molecule has 2 N–H and O–H groups in total. The zero-order chi connectivity index (χ0) is 15.1. The molecule has 0 unspecified atom stereocenters. The molecule has 108 valence electrons. The molecule has 0 spiro atoms. The Kier molecular flexibility index (Phi) is 5.74. The van der Waals surface area contributed by atoms with Gasteiger partial charge in [-0.25, -0.2) is 4.79 Å². The van der Waals surface area contributed by atoms with Crippen LogP contribution in [0.25, 0.3) is 0 Å². The summed E-state index contributed by atoms with van der Waals surface area (Å²) in [6.45, 7) is 3.56. The number of rotatable bonds is 6. The van der Waals surface area contributed by atoms with Gasteiger partial charge in [-0.2, -0.15) is 0 Å². The lowest BCUT2D eigenvalue weighted by Gasteiger charge is -2.11. The summed E-state index contributed by atoms with van der Waals surface area (Å²) in [6, 6.07) is 5.14. The van der Waals surface area contributed by atoms with E-state index in [0.717, 1.165) is 5.56 Å². The number of carboxylic acid groups (broad SMARTS) is 1. The van der Waals surface area contributed by atoms with Crippen molar-refractivity contribution in [3.05, 3.63) is 41.2 Å². The van der Waals surface area contributed by atoms with Crippen molar-refractivity contribution in [3.63, 3.8) is 0 Å². The number of hydrogen-bond acceptors (Lipinski definition) is 5. The molecular formula is C14H17NO5. The number of aryl methyl sites for hydroxylation is 1. The number of hydrogen-bond donors (Lipinski definition) is 2. The van der Waals surface area contributed by atoms with Crippen LogP contribution in [0, 0.1) is 6.92 Å². The van der Waals surface area contributed by atoms with Crippen LogP contribution < -0.4 is 4.74 Å². The highest BCUT2D eigenvalue weighted by Crippen LogP contribution is 2.22. The molecule has 0 bridgehead atoms. The van der Waals surface area contributed by atoms with Gasteiger partial charge in [0, 0.05) is 12.7 Å². The Morgan fingerprint density at radius 1 is 1.45 bits per heavy atom. The van der Waals surface area contributed by atoms with Crippen molar-refractivity contribution in [2.75, 3.05) is 13.7 Å². The van der Waals surface area contributed by atoms with Crippen LogP contribution in [-0.2, 0) is 9.53 Å². The third kappa shape index (κ3) is 4.10. The van der Waals surface area contributed by atoms with Gasteiger partial charge in [0.1, 0.15) is 5.75 Å². The summed E-state index contributed by atoms with van der Waals surface area (Å²) in [7, 11) is 1.46. The first-order chi connectivity index (χ1) is 9.49. The smallest absolute Gasteiger partial charge is 0.371 e. The second-order valence-electron chi connectivity index (χ2n) is 4.10. The van der Waals surface area contributed by atoms with Crippen LogP contribution in [0.3, 0.4) is 0 Å². The van der Waals surface area contributed by atoms with Crippen LogP contribution in [0.15, 0.2) is 35.2 Å². The Labute approximate surface area is 116 Å². The first kappa shape index (κ1) is 15.7. The Morgan fingerprint density at radius 3 is 2.70 bits per heavy atom. The van der Waals surface area contributed by atoms with Gasteiger partial charge in [-0.05, 0) is 31.6 Å². The Hall–Kier alpha value is -2.34. The molecule has 0 amide bonds. The van der Waals surface area contributed by atoms with Crippen molar-refractivity contribution in [1.29, 1.82) is 0 Å². The zero-order valence-corrected chi connectivity index (χ0v) is 11.6. The molecule has 0 atom stereocenters. The highest BCUT2D eigenvalue weighted by molar-refractivity contribution is 5.98. The van der Waals surface area contributed by atoms with Gasteiger partial charge in [-0.1, -0.05) is 17.3 Å². The number of benzene rings is 1. The van der Waals surface area contributed by atoms with Gasteiger partial charge < -0.3 is 19.8 Å². The van der Waals surface area contributed by atoms with Gasteiger partial charge in [0.2, 0.25) is 5.76 Å². The molecule has 0 saturated carbocycles. The normalized spacial score (nSPS) is 12.3. The van der Waals surface area contributed by atoms with Gasteiger partial charge in [0.15, 0.2) is 0 Å². The van der Waals surface area contributed by atoms with Crippen molar-refractivity contribution in [2.45, 2.75) is 13.8 Å². The van der Waals surface area contributed by atoms with E-state index in [-0.39, 0.29) is 12.4 Å². The van der Waals surface area contributed by atoms with Crippen molar-refractivity contribution in [1.82, 2.24) is 0 Å². The fourth-order valence-corrected chi connectivity index (χ4v) is 1.44. The molecule has 6 heteroatoms. The number of carbonyl (C=O) groups is 1. The second-order valence-corrected chi connectivity index (χ2v) is 4.10. The van der Waals surface area contributed by atoms with Gasteiger partial charge in [-0.15, -0.1) is 0 Å². The molecule has 0 aliphatic heterocycles. The lowest BCUT2D eigenvalue weighted by atomic mass is 10.1. The molecule has 0 heterocycles. The molecular weight excluding hydrogens is 262 g/mol. The minimum Gasteiger partial charge on any atom is -0.475 e. The van der Waals surface area contributed by atoms with E-state index in [1.165, 1.54) is 13.2 Å². The standard InChI is InChI=1S/C14H17NO5/c1-9-4-5-11(10(2)15-18)8-13(9)20-12(14(16)17)6-7-19-3/h4-6,8,18H,7H2,1-3H3,(H,16,17). The molecule has 1 aromatic carbocycles. The predicted molar refractivity (Wildman–Crippen MR) is 73.4 cm³/mol. The summed E-state index contributed by atoms with van der Waals surface area (Å²) in [6.07, 6.45) is 1.33. The van der Waals surface area contributed by atoms with Crippen molar-refractivity contribution in [3.8, 4) is 5.75 Å². The van der Waals surface area contributed by atoms with E-state index in [9.17, 15) is 4.79 Å². The fourth-order valence-electron chi connectivity index (χ4n) is 1.44. The van der Waals surface area contributed by atoms with Crippen LogP contribution in [0.4, 0.5) is 0 Å². The van der Waals surface area contributed by atoms with Crippen LogP contribution in [-0.4, -0.2) is 35.7 Å². The van der Waals surface area contributed by atoms with Gasteiger partial charge in [-0.3, -0.25) is 0 Å². The number of methoxy groups -OCH3 is 1. The number of oxime groups is 1. The number of aliphatic carboxylic acids is 1. The topological polar surface area (TPSA) is 88.4 Å². The average molecular weight is 279 g/mol. The molecule has 6 nitrogen and oxygen atoms in total. The first-order valence-corrected chi connectivity index (χ1v) is 5.89. The molecule has 0 aliphatic rings. The Bertz CT molecular complexity index is 548. The lowest BCUT2D eigenvalue weighted by Crippen LogP contribution is -2.10. The van der Waals surface area contributed by atoms with Crippen molar-refractivity contribution >= 4 is 11.7 Å². The third-order valence-corrected chi connectivity index (χ3v) is 2.62. The molecule has 1 aromatic rings. The summed E-state index contributed by atoms with van der Waals surface area (Å²) in [5.74, 6) is -1.01. The van der Waals surface area contributed by atoms with E-state index in [2.05, 4.69) is 5.16 Å². The van der Waals surface area contributed by atoms with E-state index >= 15 is 0 Å². The fraction of sp³-hybridized carbons (Fsp3) is 0.286. The number of nitrogens with zero attached hydrogens (tertiary/aromatic N) is 1. The summed E-state index contributed by atoms with van der Waals surface area (Å²) >= 11 is 0. The number of ether oxygens (including phenoxy) is 2. The average Bonchev–Trinajstić information content (AvgIpc) is 2.44. The summed E-state index contributed by atoms with van der Waals surface area (Å²) in [5.41, 5.74) is 1.82. The molecule has 20 heavy (non-hydrogen) atoms. The SMILES string of the molecule is COCC=C(Oc1cc(C(C)=NO)ccc1C)C(=O)O. The summed E-state index contributed by atoms with van der Waals surface area (Å²) in [5, 5.41) is 20.9. The maximum absolute atomic E-state index is 11.1. The first-order valence-electron chi connectivity index (χ1n) is 5.89. The van der Waals surface area contributed by atoms with E-state index in [1.807, 2.05) is 0 Å². The molecule has 0 aliphatic carbocycles. The van der Waals surface area contributed by atoms with Gasteiger partial charge >= 0.3 is 5.97 Å². The van der Waals surface area contributed by atoms with Crippen molar-refractivity contribution in [2.24, 2.45) is 5.16 Å². The maximum Gasteiger partial charge on any atom is 0.371 e. The van der Waals surface area contributed by atoms with Crippen LogP contribution in [0.1, 0.15) is 18.1 Å². The van der Waals surface area contributed by atoms with Crippen molar-refractivity contribution < 1.29 is 24.6 Å². The Morgan fingerprint density at radius 2 is 2.15 bits per heavy atom. The molecule has 1 rings (SSSR count). The predicted octanol–water partition coefficient (Wildman–Crippen LogP) is 2.19. The molecule has 0 fully saturated rings. The maximum atomic E-state index is 11.1. The van der Waals surface area contributed by atoms with E-state index in [1.54, 1.807) is 32.0 Å². The monoisotopic (exact) mass is 279 g/mol. The van der Waals surface area contributed by atoms with Crippen LogP contribution >= 0.6 is 0 Å². The van der Waals surface area contributed by atoms with E-state index in [4.69, 9.17) is 19.8 Å². The summed E-state index contributed by atoms with van der Waals surface area (Å²) < 4.78 is 10.2. The molecule has 0 radical (unpaired) electrons. The molecule has 0 saturated heterocycles. The minimum absolute atomic E-state index is 0.136. The number of carboxylic acids is 1.